The molecule has 4 nitrogen and oxygen atoms in total. The van der Waals surface area contributed by atoms with Crippen molar-refractivity contribution >= 4 is 21.8 Å². The quantitative estimate of drug-likeness (QED) is 0.906. The minimum absolute atomic E-state index is 0.00213. The highest BCUT2D eigenvalue weighted by Crippen LogP contribution is 2.11. The number of H-pyrrole nitrogens is 1. The number of aromatic nitrogens is 2. The van der Waals surface area contributed by atoms with Crippen molar-refractivity contribution in [1.29, 1.82) is 0 Å². The van der Waals surface area contributed by atoms with Gasteiger partial charge in [-0.15, -0.1) is 0 Å². The monoisotopic (exact) mass is 293 g/mol. The molecule has 0 saturated heterocycles. The molecule has 17 heavy (non-hydrogen) atoms. The Hall–Kier alpha value is -1.62. The van der Waals surface area contributed by atoms with E-state index in [2.05, 4.69) is 31.4 Å². The van der Waals surface area contributed by atoms with Crippen LogP contribution in [0.1, 0.15) is 11.3 Å². The lowest BCUT2D eigenvalue weighted by Gasteiger charge is -2.04. The van der Waals surface area contributed by atoms with Crippen LogP contribution in [-0.2, 0) is 17.8 Å². The maximum atomic E-state index is 11.7. The number of nitrogens with zero attached hydrogens (tertiary/aromatic N) is 1. The molecular formula is C12H12BrN3O. The summed E-state index contributed by atoms with van der Waals surface area (Å²) in [5.41, 5.74) is 1.88. The zero-order valence-corrected chi connectivity index (χ0v) is 10.7. The van der Waals surface area contributed by atoms with Gasteiger partial charge in [0.25, 0.3) is 0 Å². The van der Waals surface area contributed by atoms with E-state index in [1.54, 1.807) is 6.20 Å². The normalized spacial score (nSPS) is 10.2. The second-order valence-electron chi connectivity index (χ2n) is 3.67. The van der Waals surface area contributed by atoms with Crippen molar-refractivity contribution in [3.63, 3.8) is 0 Å². The molecule has 1 aromatic carbocycles. The lowest BCUT2D eigenvalue weighted by molar-refractivity contribution is -0.120. The summed E-state index contributed by atoms with van der Waals surface area (Å²) in [5, 5.41) is 9.43. The second-order valence-corrected chi connectivity index (χ2v) is 4.58. The van der Waals surface area contributed by atoms with E-state index in [9.17, 15) is 4.79 Å². The van der Waals surface area contributed by atoms with Crippen LogP contribution in [0.4, 0.5) is 0 Å². The summed E-state index contributed by atoms with van der Waals surface area (Å²) < 4.78 is 0.983. The minimum Gasteiger partial charge on any atom is -0.350 e. The van der Waals surface area contributed by atoms with Crippen molar-refractivity contribution < 1.29 is 4.79 Å². The summed E-state index contributed by atoms with van der Waals surface area (Å²) in [5.74, 6) is -0.00213. The minimum atomic E-state index is -0.00213. The molecule has 0 saturated carbocycles. The Morgan fingerprint density at radius 2 is 2.29 bits per heavy atom. The van der Waals surface area contributed by atoms with Crippen LogP contribution in [-0.4, -0.2) is 16.1 Å². The van der Waals surface area contributed by atoms with E-state index < -0.39 is 0 Å². The molecule has 1 amide bonds. The van der Waals surface area contributed by atoms with Crippen molar-refractivity contribution in [2.75, 3.05) is 0 Å². The molecule has 1 aromatic heterocycles. The van der Waals surface area contributed by atoms with Gasteiger partial charge in [-0.05, 0) is 23.8 Å². The molecule has 88 valence electrons. The van der Waals surface area contributed by atoms with E-state index in [4.69, 9.17) is 0 Å². The smallest absolute Gasteiger partial charge is 0.224 e. The summed E-state index contributed by atoms with van der Waals surface area (Å²) in [6.45, 7) is 0.479. The molecule has 0 aliphatic rings. The highest BCUT2D eigenvalue weighted by Gasteiger charge is 2.03. The van der Waals surface area contributed by atoms with Crippen LogP contribution in [0, 0.1) is 0 Å². The Kier molecular flexibility index (Phi) is 3.93. The first-order valence-electron chi connectivity index (χ1n) is 5.23. The van der Waals surface area contributed by atoms with Gasteiger partial charge < -0.3 is 5.32 Å². The molecule has 0 bridgehead atoms. The Morgan fingerprint density at radius 3 is 3.00 bits per heavy atom. The van der Waals surface area contributed by atoms with Gasteiger partial charge in [0.15, 0.2) is 0 Å². The van der Waals surface area contributed by atoms with Crippen molar-refractivity contribution in [3.05, 3.63) is 52.3 Å². The largest absolute Gasteiger partial charge is 0.350 e. The van der Waals surface area contributed by atoms with Gasteiger partial charge in [0.2, 0.25) is 5.91 Å². The van der Waals surface area contributed by atoms with Crippen LogP contribution in [0.15, 0.2) is 41.0 Å². The summed E-state index contributed by atoms with van der Waals surface area (Å²) in [7, 11) is 0. The standard InChI is InChI=1S/C12H12BrN3O/c13-10-3-1-2-9(6-10)7-12(17)14-8-11-4-5-15-16-11/h1-6H,7-8H2,(H,14,17)(H,15,16). The topological polar surface area (TPSA) is 57.8 Å². The van der Waals surface area contributed by atoms with Crippen molar-refractivity contribution in [1.82, 2.24) is 15.5 Å². The molecule has 0 atom stereocenters. The molecule has 0 fully saturated rings. The van der Waals surface area contributed by atoms with Crippen LogP contribution in [0.5, 0.6) is 0 Å². The number of hydrogen-bond acceptors (Lipinski definition) is 2. The Bertz CT molecular complexity index is 496. The number of carbonyl (C=O) groups is 1. The number of aromatic amines is 1. The molecule has 2 aromatic rings. The number of nitrogens with one attached hydrogen (secondary N) is 2. The second kappa shape index (κ2) is 5.63. The molecule has 0 spiro atoms. The van der Waals surface area contributed by atoms with Gasteiger partial charge in [-0.1, -0.05) is 28.1 Å². The summed E-state index contributed by atoms with van der Waals surface area (Å²) in [6, 6.07) is 9.56. The number of hydrogen-bond donors (Lipinski definition) is 2. The highest BCUT2D eigenvalue weighted by molar-refractivity contribution is 9.10. The number of halogens is 1. The molecule has 5 heteroatoms. The molecule has 1 heterocycles. The van der Waals surface area contributed by atoms with Crippen LogP contribution >= 0.6 is 15.9 Å². The molecule has 0 aliphatic carbocycles. The van der Waals surface area contributed by atoms with Gasteiger partial charge in [-0.25, -0.2) is 0 Å². The highest BCUT2D eigenvalue weighted by atomic mass is 79.9. The van der Waals surface area contributed by atoms with Crippen LogP contribution in [0.2, 0.25) is 0 Å². The number of amides is 1. The molecule has 0 radical (unpaired) electrons. The van der Waals surface area contributed by atoms with Crippen LogP contribution < -0.4 is 5.32 Å². The number of carbonyl (C=O) groups excluding carboxylic acids is 1. The average Bonchev–Trinajstić information content (AvgIpc) is 2.79. The van der Waals surface area contributed by atoms with Crippen LogP contribution in [0.3, 0.4) is 0 Å². The fourth-order valence-corrected chi connectivity index (χ4v) is 1.92. The lowest BCUT2D eigenvalue weighted by Crippen LogP contribution is -2.24. The first kappa shape index (κ1) is 11.9. The summed E-state index contributed by atoms with van der Waals surface area (Å²) in [6.07, 6.45) is 2.05. The molecule has 2 N–H and O–H groups in total. The molecular weight excluding hydrogens is 282 g/mol. The van der Waals surface area contributed by atoms with E-state index in [0.29, 0.717) is 13.0 Å². The van der Waals surface area contributed by atoms with Gasteiger partial charge in [-0.2, -0.15) is 5.10 Å². The van der Waals surface area contributed by atoms with E-state index in [-0.39, 0.29) is 5.91 Å². The predicted molar refractivity (Wildman–Crippen MR) is 68.3 cm³/mol. The zero-order valence-electron chi connectivity index (χ0n) is 9.11. The maximum absolute atomic E-state index is 11.7. The van der Waals surface area contributed by atoms with E-state index in [1.807, 2.05) is 30.3 Å². The summed E-state index contributed by atoms with van der Waals surface area (Å²) in [4.78, 5) is 11.7. The van der Waals surface area contributed by atoms with Gasteiger partial charge in [0.05, 0.1) is 18.7 Å². The Labute approximate surface area is 108 Å². The van der Waals surface area contributed by atoms with Gasteiger partial charge in [-0.3, -0.25) is 9.89 Å². The zero-order chi connectivity index (χ0) is 12.1. The lowest BCUT2D eigenvalue weighted by atomic mass is 10.1. The predicted octanol–water partition coefficient (Wildman–Crippen LogP) is 2.03. The number of rotatable bonds is 4. The average molecular weight is 294 g/mol. The maximum Gasteiger partial charge on any atom is 0.224 e. The molecule has 0 aliphatic heterocycles. The van der Waals surface area contributed by atoms with Crippen molar-refractivity contribution in [3.8, 4) is 0 Å². The van der Waals surface area contributed by atoms with Gasteiger partial charge >= 0.3 is 0 Å². The summed E-state index contributed by atoms with van der Waals surface area (Å²) >= 11 is 3.38. The third kappa shape index (κ3) is 3.71. The van der Waals surface area contributed by atoms with E-state index in [0.717, 1.165) is 15.7 Å². The SMILES string of the molecule is O=C(Cc1cccc(Br)c1)NCc1ccn[nH]1. The third-order valence-electron chi connectivity index (χ3n) is 2.29. The van der Waals surface area contributed by atoms with E-state index in [1.165, 1.54) is 0 Å². The van der Waals surface area contributed by atoms with Crippen molar-refractivity contribution in [2.45, 2.75) is 13.0 Å². The molecule has 0 unspecified atom stereocenters. The molecule has 2 rings (SSSR count). The fourth-order valence-electron chi connectivity index (χ4n) is 1.47. The van der Waals surface area contributed by atoms with E-state index >= 15 is 0 Å². The van der Waals surface area contributed by atoms with Gasteiger partial charge in [0, 0.05) is 10.7 Å². The Balaban J connectivity index is 1.85. The third-order valence-corrected chi connectivity index (χ3v) is 2.78. The fraction of sp³-hybridized carbons (Fsp3) is 0.167. The Morgan fingerprint density at radius 1 is 1.41 bits per heavy atom. The first-order valence-corrected chi connectivity index (χ1v) is 6.03. The number of benzene rings is 1. The first-order chi connectivity index (χ1) is 8.24. The van der Waals surface area contributed by atoms with Crippen LogP contribution in [0.25, 0.3) is 0 Å². The van der Waals surface area contributed by atoms with Gasteiger partial charge in [0.1, 0.15) is 0 Å². The van der Waals surface area contributed by atoms with Crippen molar-refractivity contribution in [2.24, 2.45) is 0 Å².